The van der Waals surface area contributed by atoms with Crippen molar-refractivity contribution in [3.63, 3.8) is 0 Å². The van der Waals surface area contributed by atoms with Crippen LogP contribution in [-0.2, 0) is 19.6 Å². The van der Waals surface area contributed by atoms with Crippen LogP contribution >= 0.6 is 0 Å². The number of halogens is 1. The minimum atomic E-state index is -4.08. The highest BCUT2D eigenvalue weighted by molar-refractivity contribution is 7.89. The standard InChI is InChI=1S/C20H28FNO5S/c1-7-13-22(18(15(2)3)19(23)27-20(4,5)6)28(24,25)17-10-8-16(9-11-17)26-14-12-21/h1,8-11,15,18H,12-14H2,2-6H3/t18-/m1/s1. The zero-order valence-electron chi connectivity index (χ0n) is 16.9. The average Bonchev–Trinajstić information content (AvgIpc) is 2.58. The summed E-state index contributed by atoms with van der Waals surface area (Å²) in [7, 11) is -4.08. The minimum absolute atomic E-state index is 0.0513. The van der Waals surface area contributed by atoms with Crippen molar-refractivity contribution < 1.29 is 27.1 Å². The van der Waals surface area contributed by atoms with Gasteiger partial charge in [0.05, 0.1) is 11.4 Å². The molecule has 0 bridgehead atoms. The molecule has 0 heterocycles. The predicted molar refractivity (Wildman–Crippen MR) is 105 cm³/mol. The van der Waals surface area contributed by atoms with Crippen molar-refractivity contribution in [1.82, 2.24) is 4.31 Å². The van der Waals surface area contributed by atoms with Gasteiger partial charge in [0.2, 0.25) is 10.0 Å². The fraction of sp³-hybridized carbons (Fsp3) is 0.550. The Morgan fingerprint density at radius 1 is 1.25 bits per heavy atom. The summed E-state index contributed by atoms with van der Waals surface area (Å²) in [5, 5.41) is 0. The first-order chi connectivity index (χ1) is 12.9. The van der Waals surface area contributed by atoms with E-state index < -0.39 is 34.3 Å². The molecule has 0 unspecified atom stereocenters. The van der Waals surface area contributed by atoms with Crippen molar-refractivity contribution in [2.45, 2.75) is 51.2 Å². The number of esters is 1. The molecule has 0 aliphatic rings. The lowest BCUT2D eigenvalue weighted by Crippen LogP contribution is -2.50. The second-order valence-electron chi connectivity index (χ2n) is 7.49. The summed E-state index contributed by atoms with van der Waals surface area (Å²) < 4.78 is 50.1. The highest BCUT2D eigenvalue weighted by Crippen LogP contribution is 2.25. The molecule has 1 rings (SSSR count). The van der Waals surface area contributed by atoms with Crippen LogP contribution < -0.4 is 4.74 Å². The third kappa shape index (κ3) is 6.50. The molecule has 0 radical (unpaired) electrons. The van der Waals surface area contributed by atoms with Gasteiger partial charge in [-0.2, -0.15) is 4.31 Å². The first kappa shape index (κ1) is 23.9. The van der Waals surface area contributed by atoms with E-state index in [0.29, 0.717) is 5.75 Å². The van der Waals surface area contributed by atoms with Crippen LogP contribution in [0.5, 0.6) is 5.75 Å². The van der Waals surface area contributed by atoms with Gasteiger partial charge in [-0.3, -0.25) is 4.79 Å². The number of terminal acetylenes is 1. The number of carbonyl (C=O) groups is 1. The van der Waals surface area contributed by atoms with Crippen molar-refractivity contribution in [3.8, 4) is 18.1 Å². The number of ether oxygens (including phenoxy) is 2. The Kier molecular flexibility index (Phi) is 8.46. The molecule has 0 aromatic heterocycles. The number of benzene rings is 1. The zero-order chi connectivity index (χ0) is 21.5. The lowest BCUT2D eigenvalue weighted by Gasteiger charge is -2.32. The summed E-state index contributed by atoms with van der Waals surface area (Å²) in [6.07, 6.45) is 5.38. The Morgan fingerprint density at radius 2 is 1.82 bits per heavy atom. The molecule has 1 aromatic rings. The third-order valence-corrected chi connectivity index (χ3v) is 5.45. The maximum absolute atomic E-state index is 13.2. The summed E-state index contributed by atoms with van der Waals surface area (Å²) in [5.74, 6) is 1.62. The molecule has 0 aliphatic carbocycles. The van der Waals surface area contributed by atoms with E-state index in [1.807, 2.05) is 0 Å². The van der Waals surface area contributed by atoms with E-state index in [4.69, 9.17) is 15.9 Å². The molecule has 0 amide bonds. The summed E-state index contributed by atoms with van der Waals surface area (Å²) in [5.41, 5.74) is -0.773. The van der Waals surface area contributed by atoms with Gasteiger partial charge >= 0.3 is 5.97 Å². The molecule has 1 aromatic carbocycles. The van der Waals surface area contributed by atoms with E-state index >= 15 is 0 Å². The van der Waals surface area contributed by atoms with Crippen molar-refractivity contribution >= 4 is 16.0 Å². The Labute approximate surface area is 167 Å². The lowest BCUT2D eigenvalue weighted by molar-refractivity contribution is -0.161. The number of hydrogen-bond donors (Lipinski definition) is 0. The molecule has 156 valence electrons. The Balaban J connectivity index is 3.28. The van der Waals surface area contributed by atoms with Gasteiger partial charge in [-0.05, 0) is 51.0 Å². The molecule has 0 N–H and O–H groups in total. The van der Waals surface area contributed by atoms with Gasteiger partial charge in [0.25, 0.3) is 0 Å². The van der Waals surface area contributed by atoms with Gasteiger partial charge in [-0.25, -0.2) is 12.8 Å². The molecule has 0 fully saturated rings. The third-order valence-electron chi connectivity index (χ3n) is 3.61. The van der Waals surface area contributed by atoms with E-state index in [1.165, 1.54) is 24.3 Å². The van der Waals surface area contributed by atoms with Crippen molar-refractivity contribution in [1.29, 1.82) is 0 Å². The van der Waals surface area contributed by atoms with E-state index in [1.54, 1.807) is 34.6 Å². The van der Waals surface area contributed by atoms with E-state index in [0.717, 1.165) is 4.31 Å². The van der Waals surface area contributed by atoms with Crippen LogP contribution in [0.4, 0.5) is 4.39 Å². The second-order valence-corrected chi connectivity index (χ2v) is 9.38. The summed E-state index contributed by atoms with van der Waals surface area (Å²) in [6, 6.07) is 4.43. The number of hydrogen-bond acceptors (Lipinski definition) is 5. The first-order valence-electron chi connectivity index (χ1n) is 8.91. The minimum Gasteiger partial charge on any atom is -0.491 e. The fourth-order valence-electron chi connectivity index (χ4n) is 2.51. The van der Waals surface area contributed by atoms with Gasteiger partial charge in [0.15, 0.2) is 0 Å². The van der Waals surface area contributed by atoms with Gasteiger partial charge < -0.3 is 9.47 Å². The van der Waals surface area contributed by atoms with Crippen LogP contribution in [0.25, 0.3) is 0 Å². The monoisotopic (exact) mass is 413 g/mol. The molecule has 6 nitrogen and oxygen atoms in total. The second kappa shape index (κ2) is 9.89. The van der Waals surface area contributed by atoms with E-state index in [2.05, 4.69) is 5.92 Å². The predicted octanol–water partition coefficient (Wildman–Crippen LogP) is 3.03. The average molecular weight is 414 g/mol. The van der Waals surface area contributed by atoms with Crippen LogP contribution in [0.2, 0.25) is 0 Å². The van der Waals surface area contributed by atoms with Crippen LogP contribution in [0.1, 0.15) is 34.6 Å². The molecule has 0 spiro atoms. The molecule has 28 heavy (non-hydrogen) atoms. The van der Waals surface area contributed by atoms with Gasteiger partial charge in [-0.1, -0.05) is 19.8 Å². The smallest absolute Gasteiger partial charge is 0.325 e. The highest BCUT2D eigenvalue weighted by atomic mass is 32.2. The quantitative estimate of drug-likeness (QED) is 0.460. The maximum Gasteiger partial charge on any atom is 0.325 e. The largest absolute Gasteiger partial charge is 0.491 e. The SMILES string of the molecule is C#CCN([C@@H](C(=O)OC(C)(C)C)C(C)C)S(=O)(=O)c1ccc(OCCF)cc1. The molecule has 8 heteroatoms. The summed E-state index contributed by atoms with van der Waals surface area (Å²) in [4.78, 5) is 12.7. The number of nitrogens with zero attached hydrogens (tertiary/aromatic N) is 1. The number of rotatable bonds is 9. The van der Waals surface area contributed by atoms with Gasteiger partial charge in [0, 0.05) is 0 Å². The van der Waals surface area contributed by atoms with Crippen LogP contribution in [0.3, 0.4) is 0 Å². The molecular formula is C20H28FNO5S. The van der Waals surface area contributed by atoms with Crippen LogP contribution in [0, 0.1) is 18.3 Å². The maximum atomic E-state index is 13.2. The Morgan fingerprint density at radius 3 is 2.25 bits per heavy atom. The number of alkyl halides is 1. The molecule has 0 saturated carbocycles. The summed E-state index contributed by atoms with van der Waals surface area (Å²) >= 11 is 0. The van der Waals surface area contributed by atoms with Crippen LogP contribution in [0.15, 0.2) is 29.2 Å². The van der Waals surface area contributed by atoms with Crippen molar-refractivity contribution in [2.24, 2.45) is 5.92 Å². The van der Waals surface area contributed by atoms with Crippen molar-refractivity contribution in [2.75, 3.05) is 19.8 Å². The summed E-state index contributed by atoms with van der Waals surface area (Å²) in [6.45, 7) is 7.51. The van der Waals surface area contributed by atoms with Gasteiger partial charge in [0.1, 0.15) is 30.7 Å². The fourth-order valence-corrected chi connectivity index (χ4v) is 4.13. The number of sulfonamides is 1. The molecule has 0 aliphatic heterocycles. The first-order valence-corrected chi connectivity index (χ1v) is 10.3. The van der Waals surface area contributed by atoms with E-state index in [9.17, 15) is 17.6 Å². The normalized spacial score (nSPS) is 13.2. The number of carbonyl (C=O) groups excluding carboxylic acids is 1. The molecule has 1 atom stereocenters. The van der Waals surface area contributed by atoms with Gasteiger partial charge in [-0.15, -0.1) is 6.42 Å². The molecular weight excluding hydrogens is 385 g/mol. The molecule has 0 saturated heterocycles. The Hall–Kier alpha value is -2.11. The Bertz CT molecular complexity index is 791. The highest BCUT2D eigenvalue weighted by Gasteiger charge is 2.39. The van der Waals surface area contributed by atoms with Crippen LogP contribution in [-0.4, -0.2) is 50.2 Å². The topological polar surface area (TPSA) is 72.9 Å². The lowest BCUT2D eigenvalue weighted by atomic mass is 10.0. The van der Waals surface area contributed by atoms with Crippen molar-refractivity contribution in [3.05, 3.63) is 24.3 Å². The zero-order valence-corrected chi connectivity index (χ0v) is 17.8. The van der Waals surface area contributed by atoms with E-state index in [-0.39, 0.29) is 24.0 Å².